The molecule has 24 heavy (non-hydrogen) atoms. The first-order valence-corrected chi connectivity index (χ1v) is 9.10. The highest BCUT2D eigenvalue weighted by atomic mass is 35.5. The number of hydrogen-bond donors (Lipinski definition) is 2. The fourth-order valence-corrected chi connectivity index (χ4v) is 5.54. The number of phenolic OH excluding ortho intramolecular Hbond substituents is 1. The van der Waals surface area contributed by atoms with Gasteiger partial charge in [-0.15, -0.1) is 12.4 Å². The zero-order valence-electron chi connectivity index (χ0n) is 15.0. The zero-order chi connectivity index (χ0) is 16.5. The summed E-state index contributed by atoms with van der Waals surface area (Å²) < 4.78 is 0. The Kier molecular flexibility index (Phi) is 4.22. The number of aromatic hydroxyl groups is 1. The minimum absolute atomic E-state index is 0. The molecule has 1 aliphatic heterocycles. The van der Waals surface area contributed by atoms with Crippen LogP contribution in [-0.2, 0) is 11.8 Å². The molecular formula is C20H30ClNO2. The number of benzene rings is 1. The maximum absolute atomic E-state index is 10.4. The third-order valence-electron chi connectivity index (χ3n) is 7.28. The van der Waals surface area contributed by atoms with Gasteiger partial charge in [0, 0.05) is 18.0 Å². The normalized spacial score (nSPS) is 32.6. The van der Waals surface area contributed by atoms with Crippen LogP contribution in [0, 0.1) is 5.41 Å². The molecule has 2 N–H and O–H groups in total. The molecular weight excluding hydrogens is 322 g/mol. The van der Waals surface area contributed by atoms with Crippen molar-refractivity contribution in [2.45, 2.75) is 69.9 Å². The number of halogens is 1. The molecule has 1 aromatic carbocycles. The van der Waals surface area contributed by atoms with Crippen molar-refractivity contribution in [3.63, 3.8) is 0 Å². The Morgan fingerprint density at radius 1 is 1.21 bits per heavy atom. The molecule has 2 unspecified atom stereocenters. The first-order valence-electron chi connectivity index (χ1n) is 9.10. The molecule has 0 radical (unpaired) electrons. The van der Waals surface area contributed by atoms with Crippen molar-refractivity contribution in [1.29, 1.82) is 0 Å². The summed E-state index contributed by atoms with van der Waals surface area (Å²) in [6.07, 6.45) is 5.16. The number of piperidine rings is 1. The van der Waals surface area contributed by atoms with Crippen molar-refractivity contribution in [3.05, 3.63) is 29.3 Å². The molecule has 1 saturated carbocycles. The molecule has 3 aliphatic rings. The van der Waals surface area contributed by atoms with Crippen LogP contribution in [0.5, 0.6) is 5.75 Å². The van der Waals surface area contributed by atoms with E-state index in [1.54, 1.807) is 0 Å². The summed E-state index contributed by atoms with van der Waals surface area (Å²) in [5.74, 6) is 0.389. The number of rotatable bonds is 3. The van der Waals surface area contributed by atoms with Crippen molar-refractivity contribution >= 4 is 12.4 Å². The van der Waals surface area contributed by atoms with Crippen LogP contribution in [0.15, 0.2) is 18.2 Å². The van der Waals surface area contributed by atoms with Crippen LogP contribution < -0.4 is 0 Å². The molecule has 3 nitrogen and oxygen atoms in total. The van der Waals surface area contributed by atoms with Crippen LogP contribution in [0.3, 0.4) is 0 Å². The summed E-state index contributed by atoms with van der Waals surface area (Å²) in [6.45, 7) is 8.98. The summed E-state index contributed by atoms with van der Waals surface area (Å²) in [4.78, 5) is 2.55. The Morgan fingerprint density at radius 2 is 1.92 bits per heavy atom. The molecule has 134 valence electrons. The molecule has 2 bridgehead atoms. The van der Waals surface area contributed by atoms with Crippen LogP contribution in [0.1, 0.15) is 57.6 Å². The highest BCUT2D eigenvalue weighted by Gasteiger charge is 2.58. The Bertz CT molecular complexity index is 641. The number of hydrogen-bond acceptors (Lipinski definition) is 3. The number of β-amino-alcohol motifs (C(OH)–C–C–N with tert-alkyl or cyclic N) is 1. The van der Waals surface area contributed by atoms with Crippen LogP contribution in [0.25, 0.3) is 0 Å². The fourth-order valence-electron chi connectivity index (χ4n) is 5.54. The topological polar surface area (TPSA) is 43.7 Å². The van der Waals surface area contributed by atoms with E-state index in [9.17, 15) is 10.2 Å². The number of fused-ring (bicyclic) bond motifs is 4. The Morgan fingerprint density at radius 3 is 2.54 bits per heavy atom. The summed E-state index contributed by atoms with van der Waals surface area (Å²) in [6, 6.07) is 6.43. The van der Waals surface area contributed by atoms with Crippen LogP contribution in [-0.4, -0.2) is 39.8 Å². The summed E-state index contributed by atoms with van der Waals surface area (Å²) >= 11 is 0. The van der Waals surface area contributed by atoms with E-state index >= 15 is 0 Å². The van der Waals surface area contributed by atoms with E-state index in [0.29, 0.717) is 11.8 Å². The first kappa shape index (κ1) is 18.0. The van der Waals surface area contributed by atoms with Crippen LogP contribution in [0.2, 0.25) is 0 Å². The molecule has 1 aromatic rings. The van der Waals surface area contributed by atoms with E-state index in [1.165, 1.54) is 11.1 Å². The average Bonchev–Trinajstić information content (AvgIpc) is 3.21. The lowest BCUT2D eigenvalue weighted by atomic mass is 9.49. The largest absolute Gasteiger partial charge is 0.508 e. The molecule has 2 fully saturated rings. The number of phenols is 1. The molecule has 1 heterocycles. The SMILES string of the molecule is CCC12CCN(CC3(O)CC3)C(Cc3ccc(O)cc31)C2(C)C.Cl. The highest BCUT2D eigenvalue weighted by molar-refractivity contribution is 5.85. The first-order chi connectivity index (χ1) is 10.8. The van der Waals surface area contributed by atoms with Gasteiger partial charge in [-0.3, -0.25) is 4.90 Å². The quantitative estimate of drug-likeness (QED) is 0.873. The van der Waals surface area contributed by atoms with Gasteiger partial charge in [-0.1, -0.05) is 26.8 Å². The Hall–Kier alpha value is -0.770. The van der Waals surface area contributed by atoms with Gasteiger partial charge in [0.1, 0.15) is 5.75 Å². The second kappa shape index (κ2) is 5.62. The minimum Gasteiger partial charge on any atom is -0.508 e. The van der Waals surface area contributed by atoms with Crippen molar-refractivity contribution in [2.75, 3.05) is 13.1 Å². The second-order valence-corrected chi connectivity index (χ2v) is 8.66. The van der Waals surface area contributed by atoms with Gasteiger partial charge in [-0.05, 0) is 67.3 Å². The van der Waals surface area contributed by atoms with Gasteiger partial charge < -0.3 is 10.2 Å². The molecule has 2 atom stereocenters. The third kappa shape index (κ3) is 2.40. The molecule has 4 rings (SSSR count). The second-order valence-electron chi connectivity index (χ2n) is 8.66. The van der Waals surface area contributed by atoms with Crippen molar-refractivity contribution in [2.24, 2.45) is 5.41 Å². The molecule has 0 spiro atoms. The zero-order valence-corrected chi connectivity index (χ0v) is 15.8. The molecule has 0 aromatic heterocycles. The van der Waals surface area contributed by atoms with E-state index in [0.717, 1.165) is 45.2 Å². The molecule has 4 heteroatoms. The van der Waals surface area contributed by atoms with Gasteiger partial charge in [-0.2, -0.15) is 0 Å². The average molecular weight is 352 g/mol. The minimum atomic E-state index is -0.419. The summed E-state index contributed by atoms with van der Waals surface area (Å²) in [7, 11) is 0. The molecule has 2 aliphatic carbocycles. The van der Waals surface area contributed by atoms with Gasteiger partial charge in [0.25, 0.3) is 0 Å². The highest BCUT2D eigenvalue weighted by Crippen LogP contribution is 2.58. The lowest BCUT2D eigenvalue weighted by molar-refractivity contribution is -0.0665. The van der Waals surface area contributed by atoms with E-state index in [-0.39, 0.29) is 23.2 Å². The number of aliphatic hydroxyl groups is 1. The standard InChI is InChI=1S/C20H29NO2.ClH/c1-4-20-9-10-21(13-19(23)7-8-19)17(18(20,2)3)11-14-5-6-15(22)12-16(14)20;/h5-6,12,17,22-23H,4,7-11,13H2,1-3H3;1H. The predicted molar refractivity (Wildman–Crippen MR) is 99.0 cm³/mol. The van der Waals surface area contributed by atoms with Crippen LogP contribution in [0.4, 0.5) is 0 Å². The van der Waals surface area contributed by atoms with Gasteiger partial charge >= 0.3 is 0 Å². The maximum Gasteiger partial charge on any atom is 0.115 e. The third-order valence-corrected chi connectivity index (χ3v) is 7.28. The van der Waals surface area contributed by atoms with Crippen molar-refractivity contribution in [1.82, 2.24) is 4.90 Å². The smallest absolute Gasteiger partial charge is 0.115 e. The van der Waals surface area contributed by atoms with Gasteiger partial charge in [-0.25, -0.2) is 0 Å². The van der Waals surface area contributed by atoms with E-state index < -0.39 is 5.60 Å². The summed E-state index contributed by atoms with van der Waals surface area (Å²) in [5, 5.41) is 20.5. The monoisotopic (exact) mass is 351 g/mol. The lowest BCUT2D eigenvalue weighted by Gasteiger charge is -2.62. The Labute approximate surface area is 151 Å². The lowest BCUT2D eigenvalue weighted by Crippen LogP contribution is -2.65. The van der Waals surface area contributed by atoms with E-state index in [2.05, 4.69) is 31.7 Å². The summed E-state index contributed by atoms with van der Waals surface area (Å²) in [5.41, 5.74) is 2.61. The van der Waals surface area contributed by atoms with Gasteiger partial charge in [0.05, 0.1) is 5.60 Å². The van der Waals surface area contributed by atoms with Crippen molar-refractivity contribution in [3.8, 4) is 5.75 Å². The van der Waals surface area contributed by atoms with Crippen LogP contribution >= 0.6 is 12.4 Å². The fraction of sp³-hybridized carbons (Fsp3) is 0.700. The van der Waals surface area contributed by atoms with E-state index in [4.69, 9.17) is 0 Å². The van der Waals surface area contributed by atoms with Crippen molar-refractivity contribution < 1.29 is 10.2 Å². The predicted octanol–water partition coefficient (Wildman–Crippen LogP) is 3.64. The number of nitrogens with zero attached hydrogens (tertiary/aromatic N) is 1. The van der Waals surface area contributed by atoms with Gasteiger partial charge in [0.2, 0.25) is 0 Å². The van der Waals surface area contributed by atoms with E-state index in [1.807, 2.05) is 12.1 Å². The Balaban J connectivity index is 0.00000169. The maximum atomic E-state index is 10.4. The molecule has 1 saturated heterocycles. The van der Waals surface area contributed by atoms with Gasteiger partial charge in [0.15, 0.2) is 0 Å². The molecule has 0 amide bonds. The number of likely N-dealkylation sites (tertiary alicyclic amines) is 1.